The number of carbonyl (C=O) groups is 2. The predicted octanol–water partition coefficient (Wildman–Crippen LogP) is 1.45. The molecule has 1 amide bonds. The molecule has 2 rings (SSSR count). The van der Waals surface area contributed by atoms with Crippen LogP contribution in [0.4, 0.5) is 0 Å². The highest BCUT2D eigenvalue weighted by molar-refractivity contribution is 7.89. The van der Waals surface area contributed by atoms with Crippen molar-refractivity contribution in [3.63, 3.8) is 0 Å². The van der Waals surface area contributed by atoms with Crippen LogP contribution < -0.4 is 4.72 Å². The summed E-state index contributed by atoms with van der Waals surface area (Å²) in [6, 6.07) is 4.58. The maximum atomic E-state index is 12.4. The number of nitrogens with one attached hydrogen (secondary N) is 1. The van der Waals surface area contributed by atoms with Gasteiger partial charge in [0.25, 0.3) is 5.91 Å². The molecule has 8 heteroatoms. The molecule has 1 aromatic rings. The molecule has 1 fully saturated rings. The lowest BCUT2D eigenvalue weighted by molar-refractivity contribution is -0.141. The molecule has 0 saturated carbocycles. The monoisotopic (exact) mass is 354 g/mol. The standard InChI is InChI=1S/C16H22N2O5S/c1-3-11(2)17-24(22,23)13-8-6-12(7-9-13)15(19)18-10-4-5-14(18)16(20)21/h6-9,11,14,17H,3-5,10H2,1-2H3,(H,20,21)/t11?,14-/m1/s1. The number of sulfonamides is 1. The van der Waals surface area contributed by atoms with Gasteiger partial charge >= 0.3 is 5.97 Å². The minimum Gasteiger partial charge on any atom is -0.480 e. The van der Waals surface area contributed by atoms with Crippen molar-refractivity contribution in [1.82, 2.24) is 9.62 Å². The number of hydrogen-bond acceptors (Lipinski definition) is 4. The molecule has 132 valence electrons. The van der Waals surface area contributed by atoms with Crippen LogP contribution in [0.25, 0.3) is 0 Å². The quantitative estimate of drug-likeness (QED) is 0.805. The van der Waals surface area contributed by atoms with E-state index in [9.17, 15) is 18.0 Å². The van der Waals surface area contributed by atoms with Crippen molar-refractivity contribution < 1.29 is 23.1 Å². The van der Waals surface area contributed by atoms with Crippen molar-refractivity contribution >= 4 is 21.9 Å². The first-order valence-electron chi connectivity index (χ1n) is 7.92. The van der Waals surface area contributed by atoms with E-state index < -0.39 is 27.9 Å². The third-order valence-electron chi connectivity index (χ3n) is 4.18. The van der Waals surface area contributed by atoms with Crippen molar-refractivity contribution in [2.24, 2.45) is 0 Å². The second kappa shape index (κ2) is 7.31. The Bertz CT molecular complexity index is 714. The van der Waals surface area contributed by atoms with Crippen LogP contribution >= 0.6 is 0 Å². The summed E-state index contributed by atoms with van der Waals surface area (Å²) in [6.45, 7) is 4.05. The lowest BCUT2D eigenvalue weighted by Crippen LogP contribution is -2.40. The minimum absolute atomic E-state index is 0.0792. The molecule has 0 spiro atoms. The number of likely N-dealkylation sites (tertiary alicyclic amines) is 1. The van der Waals surface area contributed by atoms with E-state index in [0.29, 0.717) is 25.8 Å². The van der Waals surface area contributed by atoms with Crippen LogP contribution in [-0.2, 0) is 14.8 Å². The summed E-state index contributed by atoms with van der Waals surface area (Å²) in [6.07, 6.45) is 1.75. The van der Waals surface area contributed by atoms with Crippen LogP contribution in [0.2, 0.25) is 0 Å². The number of amides is 1. The van der Waals surface area contributed by atoms with Gasteiger partial charge in [-0.05, 0) is 50.5 Å². The van der Waals surface area contributed by atoms with Gasteiger partial charge in [-0.1, -0.05) is 6.92 Å². The Kier molecular flexibility index (Phi) is 5.61. The molecule has 0 radical (unpaired) electrons. The molecule has 1 aromatic carbocycles. The van der Waals surface area contributed by atoms with E-state index in [-0.39, 0.29) is 16.5 Å². The summed E-state index contributed by atoms with van der Waals surface area (Å²) in [5, 5.41) is 9.16. The van der Waals surface area contributed by atoms with Gasteiger partial charge in [0.15, 0.2) is 0 Å². The summed E-state index contributed by atoms with van der Waals surface area (Å²) in [5.74, 6) is -1.41. The molecule has 1 saturated heterocycles. The number of carboxylic acids is 1. The second-order valence-electron chi connectivity index (χ2n) is 5.95. The Labute approximate surface area is 141 Å². The van der Waals surface area contributed by atoms with Gasteiger partial charge in [0.05, 0.1) is 4.90 Å². The maximum absolute atomic E-state index is 12.4. The van der Waals surface area contributed by atoms with Crippen LogP contribution in [0.3, 0.4) is 0 Å². The van der Waals surface area contributed by atoms with Gasteiger partial charge in [-0.15, -0.1) is 0 Å². The molecule has 0 aromatic heterocycles. The number of hydrogen-bond donors (Lipinski definition) is 2. The predicted molar refractivity (Wildman–Crippen MR) is 88.2 cm³/mol. The first kappa shape index (κ1) is 18.4. The number of aliphatic carboxylic acids is 1. The Morgan fingerprint density at radius 2 is 1.96 bits per heavy atom. The van der Waals surface area contributed by atoms with E-state index in [0.717, 1.165) is 0 Å². The van der Waals surface area contributed by atoms with Gasteiger partial charge in [-0.25, -0.2) is 17.9 Å². The smallest absolute Gasteiger partial charge is 0.326 e. The van der Waals surface area contributed by atoms with E-state index in [1.165, 1.54) is 29.2 Å². The molecule has 1 heterocycles. The molecule has 0 bridgehead atoms. The fourth-order valence-corrected chi connectivity index (χ4v) is 3.95. The first-order chi connectivity index (χ1) is 11.3. The van der Waals surface area contributed by atoms with E-state index in [2.05, 4.69) is 4.72 Å². The van der Waals surface area contributed by atoms with Gasteiger partial charge in [0, 0.05) is 18.2 Å². The highest BCUT2D eigenvalue weighted by Crippen LogP contribution is 2.21. The zero-order chi connectivity index (χ0) is 17.9. The van der Waals surface area contributed by atoms with Crippen molar-refractivity contribution in [2.75, 3.05) is 6.54 Å². The number of carboxylic acid groups (broad SMARTS) is 1. The molecule has 7 nitrogen and oxygen atoms in total. The van der Waals surface area contributed by atoms with Crippen molar-refractivity contribution in [1.29, 1.82) is 0 Å². The number of nitrogens with zero attached hydrogens (tertiary/aromatic N) is 1. The Morgan fingerprint density at radius 1 is 1.33 bits per heavy atom. The topological polar surface area (TPSA) is 104 Å². The largest absolute Gasteiger partial charge is 0.480 e. The molecule has 2 atom stereocenters. The maximum Gasteiger partial charge on any atom is 0.326 e. The first-order valence-corrected chi connectivity index (χ1v) is 9.40. The highest BCUT2D eigenvalue weighted by atomic mass is 32.2. The van der Waals surface area contributed by atoms with Crippen LogP contribution in [-0.4, -0.2) is 48.9 Å². The van der Waals surface area contributed by atoms with Crippen molar-refractivity contribution in [3.05, 3.63) is 29.8 Å². The van der Waals surface area contributed by atoms with Crippen LogP contribution in [0.5, 0.6) is 0 Å². The lowest BCUT2D eigenvalue weighted by Gasteiger charge is -2.21. The normalized spacial score (nSPS) is 19.2. The summed E-state index contributed by atoms with van der Waals surface area (Å²) in [7, 11) is -3.63. The van der Waals surface area contributed by atoms with Gasteiger partial charge < -0.3 is 10.0 Å². The molecule has 1 aliphatic heterocycles. The number of benzene rings is 1. The second-order valence-corrected chi connectivity index (χ2v) is 7.66. The fraction of sp³-hybridized carbons (Fsp3) is 0.500. The van der Waals surface area contributed by atoms with E-state index in [1.807, 2.05) is 6.92 Å². The SMILES string of the molecule is CCC(C)NS(=O)(=O)c1ccc(C(=O)N2CCC[C@@H]2C(=O)O)cc1. The summed E-state index contributed by atoms with van der Waals surface area (Å²) in [5.41, 5.74) is 0.283. The van der Waals surface area contributed by atoms with Gasteiger partial charge in [-0.3, -0.25) is 4.79 Å². The van der Waals surface area contributed by atoms with Crippen LogP contribution in [0.1, 0.15) is 43.5 Å². The summed E-state index contributed by atoms with van der Waals surface area (Å²) in [4.78, 5) is 25.0. The summed E-state index contributed by atoms with van der Waals surface area (Å²) >= 11 is 0. The average molecular weight is 354 g/mol. The zero-order valence-corrected chi connectivity index (χ0v) is 14.5. The van der Waals surface area contributed by atoms with Crippen molar-refractivity contribution in [3.8, 4) is 0 Å². The van der Waals surface area contributed by atoms with Gasteiger partial charge in [-0.2, -0.15) is 0 Å². The summed E-state index contributed by atoms with van der Waals surface area (Å²) < 4.78 is 26.9. The fourth-order valence-electron chi connectivity index (χ4n) is 2.63. The zero-order valence-electron chi connectivity index (χ0n) is 13.7. The van der Waals surface area contributed by atoms with E-state index in [1.54, 1.807) is 6.92 Å². The molecule has 1 aliphatic rings. The molecule has 2 N–H and O–H groups in total. The van der Waals surface area contributed by atoms with Gasteiger partial charge in [0.1, 0.15) is 6.04 Å². The van der Waals surface area contributed by atoms with Crippen LogP contribution in [0.15, 0.2) is 29.2 Å². The Balaban J connectivity index is 2.17. The Hall–Kier alpha value is -1.93. The minimum atomic E-state index is -3.63. The molecular weight excluding hydrogens is 332 g/mol. The van der Waals surface area contributed by atoms with Gasteiger partial charge in [0.2, 0.25) is 10.0 Å². The highest BCUT2D eigenvalue weighted by Gasteiger charge is 2.34. The molecule has 1 unspecified atom stereocenters. The van der Waals surface area contributed by atoms with Crippen LogP contribution in [0, 0.1) is 0 Å². The number of carbonyl (C=O) groups excluding carboxylic acids is 1. The third kappa shape index (κ3) is 3.93. The van der Waals surface area contributed by atoms with E-state index >= 15 is 0 Å². The molecule has 0 aliphatic carbocycles. The van der Waals surface area contributed by atoms with E-state index in [4.69, 9.17) is 5.11 Å². The lowest BCUT2D eigenvalue weighted by atomic mass is 10.1. The Morgan fingerprint density at radius 3 is 2.50 bits per heavy atom. The third-order valence-corrected chi connectivity index (χ3v) is 5.78. The average Bonchev–Trinajstić information content (AvgIpc) is 3.03. The molecule has 24 heavy (non-hydrogen) atoms. The van der Waals surface area contributed by atoms with Crippen molar-refractivity contribution in [2.45, 2.75) is 50.1 Å². The number of rotatable bonds is 6. The molecular formula is C16H22N2O5S.